The molecule has 1 atom stereocenters. The Morgan fingerprint density at radius 1 is 1.39 bits per heavy atom. The van der Waals surface area contributed by atoms with Crippen LogP contribution in [0.15, 0.2) is 29.3 Å². The third-order valence-electron chi connectivity index (χ3n) is 3.58. The molecular weight excluding hydrogens is 226 g/mol. The Hall–Kier alpha value is -1.71. The molecule has 0 aliphatic carbocycles. The lowest BCUT2D eigenvalue weighted by Gasteiger charge is -2.36. The zero-order valence-electron chi connectivity index (χ0n) is 11.3. The van der Waals surface area contributed by atoms with Crippen molar-refractivity contribution in [3.8, 4) is 5.75 Å². The van der Waals surface area contributed by atoms with E-state index in [9.17, 15) is 0 Å². The summed E-state index contributed by atoms with van der Waals surface area (Å²) in [6, 6.07) is 8.16. The highest BCUT2D eigenvalue weighted by atomic mass is 16.5. The molecular formula is C14H21N3O. The molecule has 1 aromatic carbocycles. The summed E-state index contributed by atoms with van der Waals surface area (Å²) < 4.78 is 5.19. The first-order chi connectivity index (χ1) is 8.61. The van der Waals surface area contributed by atoms with Crippen molar-refractivity contribution in [2.45, 2.75) is 25.8 Å². The number of nitrogens with two attached hydrogens (primary N) is 1. The van der Waals surface area contributed by atoms with Crippen molar-refractivity contribution in [2.24, 2.45) is 10.7 Å². The molecule has 0 amide bonds. The molecule has 2 N–H and O–H groups in total. The summed E-state index contributed by atoms with van der Waals surface area (Å²) in [6.45, 7) is 5.98. The van der Waals surface area contributed by atoms with Crippen molar-refractivity contribution < 1.29 is 4.74 Å². The Bertz CT molecular complexity index is 441. The highest BCUT2D eigenvalue weighted by molar-refractivity contribution is 5.81. The molecule has 4 nitrogen and oxygen atoms in total. The number of ether oxygens (including phenoxy) is 1. The number of methoxy groups -OCH3 is 1. The maximum atomic E-state index is 5.99. The van der Waals surface area contributed by atoms with Gasteiger partial charge in [0.15, 0.2) is 5.96 Å². The first-order valence-corrected chi connectivity index (χ1v) is 6.34. The molecule has 1 aliphatic heterocycles. The van der Waals surface area contributed by atoms with E-state index in [4.69, 9.17) is 10.5 Å². The summed E-state index contributed by atoms with van der Waals surface area (Å²) >= 11 is 0. The van der Waals surface area contributed by atoms with E-state index >= 15 is 0 Å². The van der Waals surface area contributed by atoms with Crippen LogP contribution in [-0.4, -0.2) is 31.1 Å². The van der Waals surface area contributed by atoms with Crippen LogP contribution in [-0.2, 0) is 5.54 Å². The topological polar surface area (TPSA) is 50.8 Å². The molecule has 1 aromatic rings. The molecule has 1 heterocycles. The van der Waals surface area contributed by atoms with E-state index in [0.29, 0.717) is 12.5 Å². The largest absolute Gasteiger partial charge is 0.497 e. The average Bonchev–Trinajstić information content (AvgIpc) is 2.69. The fourth-order valence-electron chi connectivity index (χ4n) is 2.44. The molecule has 0 fully saturated rings. The van der Waals surface area contributed by atoms with Gasteiger partial charge in [-0.15, -0.1) is 0 Å². The van der Waals surface area contributed by atoms with Gasteiger partial charge >= 0.3 is 0 Å². The molecule has 0 aromatic heterocycles. The van der Waals surface area contributed by atoms with Gasteiger partial charge in [0, 0.05) is 6.54 Å². The molecule has 1 unspecified atom stereocenters. The van der Waals surface area contributed by atoms with Gasteiger partial charge in [-0.2, -0.15) is 0 Å². The Morgan fingerprint density at radius 3 is 2.61 bits per heavy atom. The minimum absolute atomic E-state index is 0.133. The lowest BCUT2D eigenvalue weighted by atomic mass is 9.91. The molecule has 98 valence electrons. The average molecular weight is 247 g/mol. The SMILES string of the molecule is CCCN1C(N)=NCC1(C)c1ccc(OC)cc1. The van der Waals surface area contributed by atoms with Gasteiger partial charge < -0.3 is 15.4 Å². The number of benzene rings is 1. The van der Waals surface area contributed by atoms with E-state index in [2.05, 4.69) is 35.9 Å². The van der Waals surface area contributed by atoms with Gasteiger partial charge in [-0.3, -0.25) is 4.99 Å². The molecule has 2 rings (SSSR count). The van der Waals surface area contributed by atoms with Crippen molar-refractivity contribution in [1.29, 1.82) is 0 Å². The normalized spacial score (nSPS) is 23.1. The van der Waals surface area contributed by atoms with E-state index in [1.807, 2.05) is 12.1 Å². The maximum Gasteiger partial charge on any atom is 0.192 e. The molecule has 4 heteroatoms. The summed E-state index contributed by atoms with van der Waals surface area (Å²) in [5.74, 6) is 1.52. The third-order valence-corrected chi connectivity index (χ3v) is 3.58. The fraction of sp³-hybridized carbons (Fsp3) is 0.500. The standard InChI is InChI=1S/C14H21N3O/c1-4-9-17-13(15)16-10-14(17,2)11-5-7-12(18-3)8-6-11/h5-8H,4,9-10H2,1-3H3,(H2,15,16). The first-order valence-electron chi connectivity index (χ1n) is 6.34. The minimum atomic E-state index is -0.133. The van der Waals surface area contributed by atoms with Gasteiger partial charge in [0.25, 0.3) is 0 Å². The molecule has 0 radical (unpaired) electrons. The fourth-order valence-corrected chi connectivity index (χ4v) is 2.44. The van der Waals surface area contributed by atoms with Crippen LogP contribution in [0, 0.1) is 0 Å². The van der Waals surface area contributed by atoms with Gasteiger partial charge in [-0.25, -0.2) is 0 Å². The van der Waals surface area contributed by atoms with E-state index in [0.717, 1.165) is 18.7 Å². The van der Waals surface area contributed by atoms with Crippen LogP contribution in [0.3, 0.4) is 0 Å². The zero-order chi connectivity index (χ0) is 13.2. The lowest BCUT2D eigenvalue weighted by molar-refractivity contribution is 0.225. The van der Waals surface area contributed by atoms with Crippen molar-refractivity contribution in [3.63, 3.8) is 0 Å². The molecule has 0 saturated carbocycles. The summed E-state index contributed by atoms with van der Waals surface area (Å²) in [6.07, 6.45) is 1.06. The predicted molar refractivity (Wildman–Crippen MR) is 73.8 cm³/mol. The Labute approximate surface area is 108 Å². The van der Waals surface area contributed by atoms with E-state index in [-0.39, 0.29) is 5.54 Å². The number of aliphatic imine (C=N–C) groups is 1. The van der Waals surface area contributed by atoms with Crippen LogP contribution in [0.25, 0.3) is 0 Å². The van der Waals surface area contributed by atoms with Gasteiger partial charge in [0.2, 0.25) is 0 Å². The quantitative estimate of drug-likeness (QED) is 0.884. The monoisotopic (exact) mass is 247 g/mol. The third kappa shape index (κ3) is 2.03. The molecule has 1 aliphatic rings. The molecule has 0 bridgehead atoms. The van der Waals surface area contributed by atoms with Crippen molar-refractivity contribution >= 4 is 5.96 Å². The number of guanidine groups is 1. The van der Waals surface area contributed by atoms with E-state index in [1.54, 1.807) is 7.11 Å². The summed E-state index contributed by atoms with van der Waals surface area (Å²) in [7, 11) is 1.68. The second kappa shape index (κ2) is 4.88. The van der Waals surface area contributed by atoms with Crippen LogP contribution in [0.1, 0.15) is 25.8 Å². The van der Waals surface area contributed by atoms with Crippen molar-refractivity contribution in [1.82, 2.24) is 4.90 Å². The Kier molecular flexibility index (Phi) is 3.45. The minimum Gasteiger partial charge on any atom is -0.497 e. The maximum absolute atomic E-state index is 5.99. The highest BCUT2D eigenvalue weighted by Gasteiger charge is 2.38. The van der Waals surface area contributed by atoms with E-state index in [1.165, 1.54) is 5.56 Å². The zero-order valence-corrected chi connectivity index (χ0v) is 11.3. The predicted octanol–water partition coefficient (Wildman–Crippen LogP) is 1.95. The number of hydrogen-bond acceptors (Lipinski definition) is 4. The first kappa shape index (κ1) is 12.7. The van der Waals surface area contributed by atoms with Crippen LogP contribution in [0.2, 0.25) is 0 Å². The van der Waals surface area contributed by atoms with Gasteiger partial charge in [0.05, 0.1) is 19.2 Å². The van der Waals surface area contributed by atoms with Crippen LogP contribution >= 0.6 is 0 Å². The van der Waals surface area contributed by atoms with E-state index < -0.39 is 0 Å². The highest BCUT2D eigenvalue weighted by Crippen LogP contribution is 2.33. The van der Waals surface area contributed by atoms with Crippen molar-refractivity contribution in [2.75, 3.05) is 20.2 Å². The molecule has 18 heavy (non-hydrogen) atoms. The number of hydrogen-bond donors (Lipinski definition) is 1. The summed E-state index contributed by atoms with van der Waals surface area (Å²) in [5.41, 5.74) is 7.08. The molecule has 0 saturated heterocycles. The van der Waals surface area contributed by atoms with Gasteiger partial charge in [-0.1, -0.05) is 19.1 Å². The van der Waals surface area contributed by atoms with Gasteiger partial charge in [-0.05, 0) is 31.0 Å². The van der Waals surface area contributed by atoms with Crippen LogP contribution < -0.4 is 10.5 Å². The van der Waals surface area contributed by atoms with Gasteiger partial charge in [0.1, 0.15) is 5.75 Å². The molecule has 0 spiro atoms. The van der Waals surface area contributed by atoms with Crippen LogP contribution in [0.4, 0.5) is 0 Å². The summed E-state index contributed by atoms with van der Waals surface area (Å²) in [5, 5.41) is 0. The Balaban J connectivity index is 2.29. The second-order valence-corrected chi connectivity index (χ2v) is 4.83. The Morgan fingerprint density at radius 2 is 2.06 bits per heavy atom. The number of rotatable bonds is 4. The summed E-state index contributed by atoms with van der Waals surface area (Å²) in [4.78, 5) is 6.59. The van der Waals surface area contributed by atoms with Crippen LogP contribution in [0.5, 0.6) is 5.75 Å². The lowest BCUT2D eigenvalue weighted by Crippen LogP contribution is -2.47. The van der Waals surface area contributed by atoms with Crippen molar-refractivity contribution in [3.05, 3.63) is 29.8 Å². The smallest absolute Gasteiger partial charge is 0.192 e. The second-order valence-electron chi connectivity index (χ2n) is 4.83. The number of nitrogens with zero attached hydrogens (tertiary/aromatic N) is 2.